The number of carbonyl (C=O) groups is 3. The number of Topliss-reactive ketones (excluding diaryl/α,β-unsaturated/α-hetero) is 1. The minimum Gasteiger partial charge on any atom is -0.464 e. The molecule has 2 aromatic rings. The van der Waals surface area contributed by atoms with Gasteiger partial charge in [-0.15, -0.1) is 0 Å². The second-order valence-corrected chi connectivity index (χ2v) is 11.4. The molecule has 3 rings (SSSR count). The lowest BCUT2D eigenvalue weighted by Gasteiger charge is -2.37. The van der Waals surface area contributed by atoms with Gasteiger partial charge in [0.15, 0.2) is 5.78 Å². The second-order valence-electron chi connectivity index (χ2n) is 10.5. The van der Waals surface area contributed by atoms with Crippen molar-refractivity contribution < 1.29 is 32.6 Å². The van der Waals surface area contributed by atoms with Crippen LogP contribution in [0, 0.1) is 6.92 Å². The highest BCUT2D eigenvalue weighted by molar-refractivity contribution is 9.10. The second kappa shape index (κ2) is 10.1. The summed E-state index contributed by atoms with van der Waals surface area (Å²) in [6.07, 6.45) is -1.39. The Morgan fingerprint density at radius 3 is 2.47 bits per heavy atom. The summed E-state index contributed by atoms with van der Waals surface area (Å²) in [7, 11) is 0. The number of hydrogen-bond acceptors (Lipinski definition) is 6. The molecule has 198 valence electrons. The maximum atomic E-state index is 13.9. The van der Waals surface area contributed by atoms with Gasteiger partial charge in [-0.05, 0) is 72.9 Å². The topological polar surface area (TPSA) is 90.7 Å². The predicted molar refractivity (Wildman–Crippen MR) is 133 cm³/mol. The molecule has 0 spiro atoms. The van der Waals surface area contributed by atoms with Gasteiger partial charge in [0, 0.05) is 27.2 Å². The number of fused-ring (bicyclic) bond motifs is 1. The molecule has 1 fully saturated rings. The molecule has 0 radical (unpaired) electrons. The lowest BCUT2D eigenvalue weighted by Crippen LogP contribution is -2.53. The van der Waals surface area contributed by atoms with E-state index in [1.807, 2.05) is 13.8 Å². The van der Waals surface area contributed by atoms with Gasteiger partial charge in [0.25, 0.3) is 6.43 Å². The fraction of sp³-hybridized carbons (Fsp3) is 0.600. The molecule has 1 aliphatic rings. The van der Waals surface area contributed by atoms with Crippen molar-refractivity contribution in [3.63, 3.8) is 0 Å². The SMILES string of the molecule is CCOC(=O)C(C(=O)[C@@H]1CCC(C)(C)N1C(=O)OC(C)(C)C)n1cc2c(C(F)F)cc(Br)c(C)c2n1. The maximum absolute atomic E-state index is 13.9. The first-order valence-electron chi connectivity index (χ1n) is 11.8. The summed E-state index contributed by atoms with van der Waals surface area (Å²) < 4.78 is 39.8. The molecule has 1 aromatic heterocycles. The van der Waals surface area contributed by atoms with Crippen molar-refractivity contribution in [1.29, 1.82) is 0 Å². The molecule has 0 N–H and O–H groups in total. The Kier molecular flexibility index (Phi) is 7.83. The highest BCUT2D eigenvalue weighted by Gasteiger charge is 2.50. The monoisotopic (exact) mass is 571 g/mol. The fourth-order valence-electron chi connectivity index (χ4n) is 4.50. The predicted octanol–water partition coefficient (Wildman–Crippen LogP) is 5.90. The number of aryl methyl sites for hydroxylation is 1. The summed E-state index contributed by atoms with van der Waals surface area (Å²) in [5.41, 5.74) is -0.958. The maximum Gasteiger partial charge on any atom is 0.411 e. The summed E-state index contributed by atoms with van der Waals surface area (Å²) in [4.78, 5) is 41.4. The highest BCUT2D eigenvalue weighted by atomic mass is 79.9. The molecule has 8 nitrogen and oxygen atoms in total. The Bertz CT molecular complexity index is 1190. The normalized spacial score (nSPS) is 18.5. The number of alkyl halides is 2. The summed E-state index contributed by atoms with van der Waals surface area (Å²) in [5, 5.41) is 4.50. The number of amides is 1. The molecular formula is C25H32BrF2N3O5. The first-order valence-corrected chi connectivity index (χ1v) is 12.6. The molecule has 1 saturated heterocycles. The zero-order chi connectivity index (χ0) is 27.2. The molecule has 0 bridgehead atoms. The van der Waals surface area contributed by atoms with Gasteiger partial charge >= 0.3 is 12.1 Å². The Morgan fingerprint density at radius 2 is 1.92 bits per heavy atom. The molecule has 2 heterocycles. The molecule has 1 unspecified atom stereocenters. The third-order valence-corrected chi connectivity index (χ3v) is 7.05. The first-order chi connectivity index (χ1) is 16.6. The lowest BCUT2D eigenvalue weighted by atomic mass is 10.0. The first kappa shape index (κ1) is 28.0. The molecule has 11 heteroatoms. The molecule has 2 atom stereocenters. The van der Waals surface area contributed by atoms with E-state index in [-0.39, 0.29) is 23.1 Å². The van der Waals surface area contributed by atoms with E-state index < -0.39 is 47.5 Å². The van der Waals surface area contributed by atoms with E-state index >= 15 is 0 Å². The number of nitrogens with zero attached hydrogens (tertiary/aromatic N) is 3. The molecular weight excluding hydrogens is 540 g/mol. The number of hydrogen-bond donors (Lipinski definition) is 0. The lowest BCUT2D eigenvalue weighted by molar-refractivity contribution is -0.152. The smallest absolute Gasteiger partial charge is 0.411 e. The quantitative estimate of drug-likeness (QED) is 0.317. The van der Waals surface area contributed by atoms with Crippen LogP contribution in [0.3, 0.4) is 0 Å². The van der Waals surface area contributed by atoms with Gasteiger partial charge in [0.1, 0.15) is 5.60 Å². The molecule has 36 heavy (non-hydrogen) atoms. The van der Waals surface area contributed by atoms with Gasteiger partial charge in [0.2, 0.25) is 6.04 Å². The number of benzene rings is 1. The van der Waals surface area contributed by atoms with Gasteiger partial charge in [-0.1, -0.05) is 15.9 Å². The van der Waals surface area contributed by atoms with Crippen molar-refractivity contribution >= 4 is 44.7 Å². The standard InChI is InChI=1S/C25H32BrF2N3O5/c1-8-35-22(33)19(30-12-15-14(21(27)28)11-16(26)13(2)18(15)29-30)20(32)17-9-10-25(6,7)31(17)23(34)36-24(3,4)5/h11-12,17,19,21H,8-10H2,1-7H3/t17-,19?/m0/s1. The summed E-state index contributed by atoms with van der Waals surface area (Å²) in [5.74, 6) is -1.49. The Morgan fingerprint density at radius 1 is 1.28 bits per heavy atom. The Labute approximate surface area is 217 Å². The van der Waals surface area contributed by atoms with Crippen molar-refractivity contribution in [3.8, 4) is 0 Å². The van der Waals surface area contributed by atoms with Gasteiger partial charge < -0.3 is 9.47 Å². The van der Waals surface area contributed by atoms with Crippen LogP contribution in [0.5, 0.6) is 0 Å². The fourth-order valence-corrected chi connectivity index (χ4v) is 4.94. The minimum absolute atomic E-state index is 0.00218. The van der Waals surface area contributed by atoms with Gasteiger partial charge in [-0.3, -0.25) is 9.69 Å². The number of ketones is 1. The third kappa shape index (κ3) is 5.40. The number of aromatic nitrogens is 2. The van der Waals surface area contributed by atoms with Crippen LogP contribution in [0.25, 0.3) is 10.9 Å². The van der Waals surface area contributed by atoms with E-state index in [4.69, 9.17) is 9.47 Å². The average Bonchev–Trinajstić information content (AvgIpc) is 3.30. The number of likely N-dealkylation sites (tertiary alicyclic amines) is 1. The molecule has 0 saturated carbocycles. The number of rotatable bonds is 6. The van der Waals surface area contributed by atoms with Crippen LogP contribution in [-0.2, 0) is 19.1 Å². The van der Waals surface area contributed by atoms with Crippen LogP contribution in [0.4, 0.5) is 13.6 Å². The van der Waals surface area contributed by atoms with Crippen LogP contribution in [0.15, 0.2) is 16.7 Å². The third-order valence-electron chi connectivity index (χ3n) is 6.23. The van der Waals surface area contributed by atoms with E-state index in [0.717, 1.165) is 4.68 Å². The highest BCUT2D eigenvalue weighted by Crippen LogP contribution is 2.38. The van der Waals surface area contributed by atoms with E-state index in [0.29, 0.717) is 22.9 Å². The molecule has 1 aliphatic heterocycles. The zero-order valence-corrected chi connectivity index (χ0v) is 23.1. The summed E-state index contributed by atoms with van der Waals surface area (Å²) in [6, 6.07) is -1.25. The van der Waals surface area contributed by atoms with Crippen LogP contribution in [0.2, 0.25) is 0 Å². The van der Waals surface area contributed by atoms with Crippen molar-refractivity contribution in [3.05, 3.63) is 27.9 Å². The molecule has 1 amide bonds. The average molecular weight is 572 g/mol. The van der Waals surface area contributed by atoms with E-state index in [1.54, 1.807) is 34.6 Å². The summed E-state index contributed by atoms with van der Waals surface area (Å²) >= 11 is 3.28. The van der Waals surface area contributed by atoms with Gasteiger partial charge in [-0.25, -0.2) is 23.1 Å². The number of carbonyl (C=O) groups excluding carboxylic acids is 3. The number of halogens is 3. The minimum atomic E-state index is -2.79. The largest absolute Gasteiger partial charge is 0.464 e. The van der Waals surface area contributed by atoms with Gasteiger partial charge in [-0.2, -0.15) is 5.10 Å². The Balaban J connectivity index is 2.12. The Hall–Kier alpha value is -2.56. The van der Waals surface area contributed by atoms with E-state index in [9.17, 15) is 23.2 Å². The van der Waals surface area contributed by atoms with Crippen molar-refractivity contribution in [2.45, 2.75) is 91.0 Å². The number of ether oxygens (including phenoxy) is 2. The van der Waals surface area contributed by atoms with Crippen LogP contribution in [0.1, 0.15) is 78.0 Å². The van der Waals surface area contributed by atoms with Crippen molar-refractivity contribution in [2.75, 3.05) is 6.61 Å². The van der Waals surface area contributed by atoms with Crippen molar-refractivity contribution in [1.82, 2.24) is 14.7 Å². The van der Waals surface area contributed by atoms with E-state index in [2.05, 4.69) is 21.0 Å². The molecule has 1 aromatic carbocycles. The number of esters is 1. The van der Waals surface area contributed by atoms with Crippen molar-refractivity contribution in [2.24, 2.45) is 0 Å². The van der Waals surface area contributed by atoms with Gasteiger partial charge in [0.05, 0.1) is 18.2 Å². The van der Waals surface area contributed by atoms with E-state index in [1.165, 1.54) is 17.2 Å². The molecule has 0 aliphatic carbocycles. The summed E-state index contributed by atoms with van der Waals surface area (Å²) in [6.45, 7) is 12.1. The zero-order valence-electron chi connectivity index (χ0n) is 21.5. The van der Waals surface area contributed by atoms with Crippen LogP contribution in [-0.4, -0.2) is 56.3 Å². The van der Waals surface area contributed by atoms with Crippen LogP contribution >= 0.6 is 15.9 Å². The van der Waals surface area contributed by atoms with Crippen LogP contribution < -0.4 is 0 Å².